The van der Waals surface area contributed by atoms with Crippen molar-refractivity contribution in [2.45, 2.75) is 18.6 Å². The van der Waals surface area contributed by atoms with E-state index in [1.54, 1.807) is 0 Å². The SMILES string of the molecule is O=C(O)CC(CC(=O)O)=C(O)C(O)(O)C(=O)O. The summed E-state index contributed by atoms with van der Waals surface area (Å²) in [5.74, 6) is -10.7. The largest absolute Gasteiger partial charge is 0.506 e. The van der Waals surface area contributed by atoms with Gasteiger partial charge in [-0.2, -0.15) is 0 Å². The summed E-state index contributed by atoms with van der Waals surface area (Å²) in [4.78, 5) is 31.0. The lowest BCUT2D eigenvalue weighted by Crippen LogP contribution is -2.41. The van der Waals surface area contributed by atoms with Crippen molar-refractivity contribution >= 4 is 17.9 Å². The van der Waals surface area contributed by atoms with Crippen LogP contribution < -0.4 is 0 Å². The molecule has 0 aromatic rings. The highest BCUT2D eigenvalue weighted by molar-refractivity contribution is 5.81. The molecule has 0 bridgehead atoms. The quantitative estimate of drug-likeness (QED) is 0.242. The van der Waals surface area contributed by atoms with Crippen LogP contribution in [0.15, 0.2) is 11.3 Å². The highest BCUT2D eigenvalue weighted by Crippen LogP contribution is 2.20. The lowest BCUT2D eigenvalue weighted by molar-refractivity contribution is -0.199. The van der Waals surface area contributed by atoms with Gasteiger partial charge in [0, 0.05) is 0 Å². The number of rotatable bonds is 6. The van der Waals surface area contributed by atoms with Crippen LogP contribution in [0.3, 0.4) is 0 Å². The highest BCUT2D eigenvalue weighted by Gasteiger charge is 2.41. The molecule has 0 saturated heterocycles. The molecule has 0 aromatic carbocycles. The van der Waals surface area contributed by atoms with E-state index in [2.05, 4.69) is 0 Å². The van der Waals surface area contributed by atoms with E-state index in [0.717, 1.165) is 0 Å². The fourth-order valence-corrected chi connectivity index (χ4v) is 0.943. The number of aliphatic hydroxyl groups is 3. The van der Waals surface area contributed by atoms with Crippen LogP contribution in [-0.2, 0) is 14.4 Å². The van der Waals surface area contributed by atoms with Gasteiger partial charge in [-0.25, -0.2) is 4.79 Å². The van der Waals surface area contributed by atoms with Crippen LogP contribution in [-0.4, -0.2) is 54.3 Å². The minimum Gasteiger partial charge on any atom is -0.506 e. The molecule has 0 aliphatic heterocycles. The summed E-state index contributed by atoms with van der Waals surface area (Å²) >= 11 is 0. The van der Waals surface area contributed by atoms with Crippen LogP contribution in [0.5, 0.6) is 0 Å². The monoisotopic (exact) mass is 250 g/mol. The summed E-state index contributed by atoms with van der Waals surface area (Å²) in [7, 11) is 0. The normalized spacial score (nSPS) is 10.7. The summed E-state index contributed by atoms with van der Waals surface area (Å²) in [5.41, 5.74) is -0.822. The van der Waals surface area contributed by atoms with E-state index >= 15 is 0 Å². The van der Waals surface area contributed by atoms with Gasteiger partial charge in [0.1, 0.15) is 0 Å². The molecule has 0 heterocycles. The summed E-state index contributed by atoms with van der Waals surface area (Å²) in [6.07, 6.45) is -2.07. The third kappa shape index (κ3) is 4.09. The third-order valence-corrected chi connectivity index (χ3v) is 1.69. The number of carboxylic acids is 3. The van der Waals surface area contributed by atoms with E-state index in [1.165, 1.54) is 0 Å². The highest BCUT2D eigenvalue weighted by atomic mass is 16.6. The Morgan fingerprint density at radius 1 is 0.824 bits per heavy atom. The molecule has 0 amide bonds. The molecule has 0 atom stereocenters. The van der Waals surface area contributed by atoms with Gasteiger partial charge in [0.05, 0.1) is 12.8 Å². The first-order chi connectivity index (χ1) is 7.59. The number of carboxylic acid groups (broad SMARTS) is 3. The summed E-state index contributed by atoms with van der Waals surface area (Å²) in [6.45, 7) is 0. The number of hydrogen-bond donors (Lipinski definition) is 6. The molecule has 0 spiro atoms. The van der Waals surface area contributed by atoms with Crippen LogP contribution in [0.1, 0.15) is 12.8 Å². The van der Waals surface area contributed by atoms with Crippen LogP contribution >= 0.6 is 0 Å². The Bertz CT molecular complexity index is 360. The number of carbonyl (C=O) groups is 3. The standard InChI is InChI=1S/C8H10O9/c9-4(10)1-3(2-5(11)12)6(13)8(16,17)7(14)15/h13,16-17H,1-2H2,(H,9,10)(H,11,12)(H,14,15). The van der Waals surface area contributed by atoms with Gasteiger partial charge in [-0.3, -0.25) is 9.59 Å². The van der Waals surface area contributed by atoms with E-state index in [4.69, 9.17) is 25.5 Å². The Hall–Kier alpha value is -2.13. The molecule has 96 valence electrons. The van der Waals surface area contributed by atoms with Crippen molar-refractivity contribution in [3.63, 3.8) is 0 Å². The van der Waals surface area contributed by atoms with Crippen molar-refractivity contribution in [1.29, 1.82) is 0 Å². The molecule has 0 rings (SSSR count). The van der Waals surface area contributed by atoms with Gasteiger partial charge in [-0.15, -0.1) is 0 Å². The zero-order valence-corrected chi connectivity index (χ0v) is 8.32. The topological polar surface area (TPSA) is 173 Å². The molecule has 6 N–H and O–H groups in total. The number of hydrogen-bond acceptors (Lipinski definition) is 6. The minimum atomic E-state index is -3.72. The average Bonchev–Trinajstić information content (AvgIpc) is 2.13. The number of aliphatic hydroxyl groups excluding tert-OH is 1. The van der Waals surface area contributed by atoms with Crippen molar-refractivity contribution in [2.24, 2.45) is 0 Å². The second kappa shape index (κ2) is 5.27. The molecule has 0 aliphatic carbocycles. The Balaban J connectivity index is 5.43. The molecule has 0 aromatic heterocycles. The molecule has 17 heavy (non-hydrogen) atoms. The van der Waals surface area contributed by atoms with Gasteiger partial charge in [0.2, 0.25) is 0 Å². The lowest BCUT2D eigenvalue weighted by atomic mass is 10.0. The van der Waals surface area contributed by atoms with Crippen LogP contribution in [0, 0.1) is 0 Å². The fourth-order valence-electron chi connectivity index (χ4n) is 0.943. The summed E-state index contributed by atoms with van der Waals surface area (Å²) < 4.78 is 0. The van der Waals surface area contributed by atoms with Gasteiger partial charge >= 0.3 is 23.7 Å². The van der Waals surface area contributed by atoms with Gasteiger partial charge in [0.15, 0.2) is 5.76 Å². The molecule has 9 heteroatoms. The predicted octanol–water partition coefficient (Wildman–Crippen LogP) is -1.49. The lowest BCUT2D eigenvalue weighted by Gasteiger charge is -2.18. The Morgan fingerprint density at radius 2 is 1.18 bits per heavy atom. The maximum Gasteiger partial charge on any atom is 0.372 e. The first-order valence-electron chi connectivity index (χ1n) is 4.12. The first kappa shape index (κ1) is 14.9. The maximum absolute atomic E-state index is 10.3. The fraction of sp³-hybridized carbons (Fsp3) is 0.375. The molecule has 9 nitrogen and oxygen atoms in total. The van der Waals surface area contributed by atoms with Crippen LogP contribution in [0.25, 0.3) is 0 Å². The van der Waals surface area contributed by atoms with Crippen molar-refractivity contribution < 1.29 is 45.0 Å². The Morgan fingerprint density at radius 3 is 1.41 bits per heavy atom. The average molecular weight is 250 g/mol. The smallest absolute Gasteiger partial charge is 0.372 e. The summed E-state index contributed by atoms with van der Waals surface area (Å²) in [6, 6.07) is 0. The molecular formula is C8H10O9. The third-order valence-electron chi connectivity index (χ3n) is 1.69. The van der Waals surface area contributed by atoms with Gasteiger partial charge in [-0.1, -0.05) is 0 Å². The van der Waals surface area contributed by atoms with Gasteiger partial charge in [-0.05, 0) is 5.57 Å². The first-order valence-corrected chi connectivity index (χ1v) is 4.12. The summed E-state index contributed by atoms with van der Waals surface area (Å²) in [5, 5.41) is 52.2. The molecule has 0 fully saturated rings. The zero-order valence-electron chi connectivity index (χ0n) is 8.32. The van der Waals surface area contributed by atoms with E-state index in [-0.39, 0.29) is 0 Å². The van der Waals surface area contributed by atoms with Crippen LogP contribution in [0.2, 0.25) is 0 Å². The molecular weight excluding hydrogens is 240 g/mol. The molecule has 0 unspecified atom stereocenters. The van der Waals surface area contributed by atoms with E-state index in [1.807, 2.05) is 0 Å². The molecule has 0 saturated carbocycles. The Labute approximate surface area is 93.9 Å². The molecule has 0 aliphatic rings. The maximum atomic E-state index is 10.3. The minimum absolute atomic E-state index is 0.822. The second-order valence-corrected chi connectivity index (χ2v) is 3.07. The second-order valence-electron chi connectivity index (χ2n) is 3.07. The molecule has 0 radical (unpaired) electrons. The van der Waals surface area contributed by atoms with E-state index in [0.29, 0.717) is 0 Å². The zero-order chi connectivity index (χ0) is 13.8. The van der Waals surface area contributed by atoms with Crippen molar-refractivity contribution in [3.05, 3.63) is 11.3 Å². The van der Waals surface area contributed by atoms with E-state index in [9.17, 15) is 19.5 Å². The van der Waals surface area contributed by atoms with Crippen molar-refractivity contribution in [3.8, 4) is 0 Å². The van der Waals surface area contributed by atoms with Gasteiger partial charge in [0.25, 0.3) is 0 Å². The van der Waals surface area contributed by atoms with Gasteiger partial charge < -0.3 is 30.6 Å². The van der Waals surface area contributed by atoms with Crippen molar-refractivity contribution in [1.82, 2.24) is 0 Å². The Kier molecular flexibility index (Phi) is 4.61. The predicted molar refractivity (Wildman–Crippen MR) is 49.0 cm³/mol. The van der Waals surface area contributed by atoms with E-state index < -0.39 is 47.9 Å². The number of aliphatic carboxylic acids is 3. The van der Waals surface area contributed by atoms with Crippen LogP contribution in [0.4, 0.5) is 0 Å². The van der Waals surface area contributed by atoms with Crippen molar-refractivity contribution in [2.75, 3.05) is 0 Å².